The molecule has 108 valence electrons. The van der Waals surface area contributed by atoms with Gasteiger partial charge in [-0.3, -0.25) is 30.3 Å². The fraction of sp³-hybridized carbons (Fsp3) is 0.0833. The van der Waals surface area contributed by atoms with E-state index in [4.69, 9.17) is 4.42 Å². The molecule has 1 aromatic carbocycles. The average molecular weight is 291 g/mol. The van der Waals surface area contributed by atoms with Crippen LogP contribution in [0, 0.1) is 27.2 Å². The molecule has 9 nitrogen and oxygen atoms in total. The molecular weight excluding hydrogens is 282 g/mol. The zero-order valence-electron chi connectivity index (χ0n) is 10.7. The molecule has 0 fully saturated rings. The summed E-state index contributed by atoms with van der Waals surface area (Å²) in [6, 6.07) is 4.82. The van der Waals surface area contributed by atoms with Crippen molar-refractivity contribution in [1.29, 1.82) is 0 Å². The number of nitro groups is 2. The predicted molar refractivity (Wildman–Crippen MR) is 71.1 cm³/mol. The van der Waals surface area contributed by atoms with E-state index < -0.39 is 27.1 Å². The summed E-state index contributed by atoms with van der Waals surface area (Å²) in [5, 5.41) is 24.1. The lowest BCUT2D eigenvalue weighted by Crippen LogP contribution is -2.14. The van der Waals surface area contributed by atoms with Crippen LogP contribution in [-0.4, -0.2) is 15.8 Å². The first-order valence-corrected chi connectivity index (χ1v) is 5.68. The first-order chi connectivity index (χ1) is 9.90. The summed E-state index contributed by atoms with van der Waals surface area (Å²) in [6.45, 7) is 1.35. The van der Waals surface area contributed by atoms with Crippen LogP contribution < -0.4 is 5.32 Å². The number of hydrogen-bond donors (Lipinski definition) is 1. The topological polar surface area (TPSA) is 129 Å². The highest BCUT2D eigenvalue weighted by Gasteiger charge is 2.24. The van der Waals surface area contributed by atoms with Gasteiger partial charge < -0.3 is 4.42 Å². The molecule has 0 saturated heterocycles. The summed E-state index contributed by atoms with van der Waals surface area (Å²) in [7, 11) is 0. The van der Waals surface area contributed by atoms with E-state index in [1.54, 1.807) is 6.07 Å². The Kier molecular flexibility index (Phi) is 3.65. The zero-order valence-corrected chi connectivity index (χ0v) is 10.7. The molecule has 1 heterocycles. The summed E-state index contributed by atoms with van der Waals surface area (Å²) < 4.78 is 4.92. The van der Waals surface area contributed by atoms with Gasteiger partial charge >= 0.3 is 0 Å². The van der Waals surface area contributed by atoms with Crippen molar-refractivity contribution in [2.24, 2.45) is 0 Å². The monoisotopic (exact) mass is 291 g/mol. The van der Waals surface area contributed by atoms with Gasteiger partial charge in [-0.25, -0.2) is 0 Å². The third kappa shape index (κ3) is 2.86. The van der Waals surface area contributed by atoms with Crippen LogP contribution in [0.5, 0.6) is 0 Å². The van der Waals surface area contributed by atoms with Gasteiger partial charge in [0.15, 0.2) is 5.88 Å². The smallest absolute Gasteiger partial charge is 0.279 e. The summed E-state index contributed by atoms with van der Waals surface area (Å²) in [5.41, 5.74) is -1.15. The Morgan fingerprint density at radius 1 is 1.24 bits per heavy atom. The quantitative estimate of drug-likeness (QED) is 0.681. The molecule has 0 unspecified atom stereocenters. The average Bonchev–Trinajstić information content (AvgIpc) is 2.90. The molecule has 0 saturated carbocycles. The Balaban J connectivity index is 2.48. The normalized spacial score (nSPS) is 10.1. The number of carbonyl (C=O) groups is 1. The number of benzene rings is 1. The van der Waals surface area contributed by atoms with E-state index in [1.807, 2.05) is 0 Å². The highest BCUT2D eigenvalue weighted by atomic mass is 16.6. The molecule has 0 aliphatic carbocycles. The number of amides is 1. The molecule has 2 aromatic rings. The fourth-order valence-electron chi connectivity index (χ4n) is 1.74. The van der Waals surface area contributed by atoms with E-state index in [-0.39, 0.29) is 17.0 Å². The number of furan rings is 1. The fourth-order valence-corrected chi connectivity index (χ4v) is 1.74. The molecular formula is C12H9N3O6. The van der Waals surface area contributed by atoms with Crippen molar-refractivity contribution in [2.45, 2.75) is 6.92 Å². The molecule has 0 aliphatic rings. The van der Waals surface area contributed by atoms with Crippen molar-refractivity contribution < 1.29 is 19.1 Å². The molecule has 0 atom stereocenters. The number of non-ortho nitro benzene ring substituents is 1. The Morgan fingerprint density at radius 2 is 1.95 bits per heavy atom. The SMILES string of the molecule is Cc1c(C(=O)Nc2ccco2)cc([N+](=O)[O-])cc1[N+](=O)[O-]. The third-order valence-corrected chi connectivity index (χ3v) is 2.78. The Morgan fingerprint density at radius 3 is 2.48 bits per heavy atom. The van der Waals surface area contributed by atoms with Gasteiger partial charge in [-0.1, -0.05) is 0 Å². The Bertz CT molecular complexity index is 723. The molecule has 1 amide bonds. The van der Waals surface area contributed by atoms with Crippen LogP contribution in [-0.2, 0) is 0 Å². The van der Waals surface area contributed by atoms with Gasteiger partial charge in [0.25, 0.3) is 17.3 Å². The van der Waals surface area contributed by atoms with E-state index >= 15 is 0 Å². The van der Waals surface area contributed by atoms with Crippen LogP contribution in [0.15, 0.2) is 34.9 Å². The van der Waals surface area contributed by atoms with Crippen molar-refractivity contribution >= 4 is 23.2 Å². The van der Waals surface area contributed by atoms with Crippen LogP contribution >= 0.6 is 0 Å². The van der Waals surface area contributed by atoms with Crippen molar-refractivity contribution in [1.82, 2.24) is 0 Å². The lowest BCUT2D eigenvalue weighted by molar-refractivity contribution is -0.394. The first kappa shape index (κ1) is 14.2. The minimum atomic E-state index is -0.796. The van der Waals surface area contributed by atoms with E-state index in [0.29, 0.717) is 0 Å². The van der Waals surface area contributed by atoms with Gasteiger partial charge in [-0.05, 0) is 13.0 Å². The summed E-state index contributed by atoms with van der Waals surface area (Å²) in [5.74, 6) is -0.595. The Labute approximate surface area is 117 Å². The largest absolute Gasteiger partial charge is 0.449 e. The number of rotatable bonds is 4. The van der Waals surface area contributed by atoms with E-state index in [9.17, 15) is 25.0 Å². The van der Waals surface area contributed by atoms with Gasteiger partial charge in [0.2, 0.25) is 0 Å². The van der Waals surface area contributed by atoms with Crippen LogP contribution in [0.3, 0.4) is 0 Å². The molecule has 9 heteroatoms. The molecule has 21 heavy (non-hydrogen) atoms. The van der Waals surface area contributed by atoms with Crippen molar-refractivity contribution in [3.05, 3.63) is 61.9 Å². The number of carbonyl (C=O) groups excluding carboxylic acids is 1. The van der Waals surface area contributed by atoms with Crippen molar-refractivity contribution in [3.63, 3.8) is 0 Å². The van der Waals surface area contributed by atoms with Gasteiger partial charge in [0.05, 0.1) is 27.7 Å². The molecule has 1 aromatic heterocycles. The van der Waals surface area contributed by atoms with E-state index in [0.717, 1.165) is 12.1 Å². The zero-order chi connectivity index (χ0) is 15.6. The van der Waals surface area contributed by atoms with Crippen molar-refractivity contribution in [2.75, 3.05) is 5.32 Å². The first-order valence-electron chi connectivity index (χ1n) is 5.68. The van der Waals surface area contributed by atoms with Gasteiger partial charge in [0.1, 0.15) is 0 Å². The minimum absolute atomic E-state index is 0.0367. The Hall–Kier alpha value is -3.23. The minimum Gasteiger partial charge on any atom is -0.449 e. The number of hydrogen-bond acceptors (Lipinski definition) is 6. The molecule has 1 N–H and O–H groups in total. The molecule has 0 aliphatic heterocycles. The second kappa shape index (κ2) is 5.41. The summed E-state index contributed by atoms with van der Waals surface area (Å²) in [4.78, 5) is 32.2. The number of nitro benzene ring substituents is 2. The lowest BCUT2D eigenvalue weighted by Gasteiger charge is -2.06. The maximum Gasteiger partial charge on any atom is 0.279 e. The molecule has 0 bridgehead atoms. The van der Waals surface area contributed by atoms with Gasteiger partial charge in [-0.15, -0.1) is 0 Å². The van der Waals surface area contributed by atoms with Crippen LogP contribution in [0.4, 0.5) is 17.3 Å². The third-order valence-electron chi connectivity index (χ3n) is 2.78. The molecule has 2 rings (SSSR count). The second-order valence-corrected chi connectivity index (χ2v) is 4.08. The number of anilines is 1. The number of nitrogens with zero attached hydrogens (tertiary/aromatic N) is 2. The van der Waals surface area contributed by atoms with Gasteiger partial charge in [0, 0.05) is 17.7 Å². The maximum absolute atomic E-state index is 12.1. The summed E-state index contributed by atoms with van der Waals surface area (Å²) in [6.07, 6.45) is 1.33. The van der Waals surface area contributed by atoms with Gasteiger partial charge in [-0.2, -0.15) is 0 Å². The maximum atomic E-state index is 12.1. The summed E-state index contributed by atoms with van der Waals surface area (Å²) >= 11 is 0. The van der Waals surface area contributed by atoms with Crippen LogP contribution in [0.25, 0.3) is 0 Å². The van der Waals surface area contributed by atoms with E-state index in [1.165, 1.54) is 19.3 Å². The highest BCUT2D eigenvalue weighted by molar-refractivity contribution is 6.05. The van der Waals surface area contributed by atoms with E-state index in [2.05, 4.69) is 5.32 Å². The molecule has 0 spiro atoms. The van der Waals surface area contributed by atoms with Crippen LogP contribution in [0.1, 0.15) is 15.9 Å². The molecule has 0 radical (unpaired) electrons. The number of nitrogens with one attached hydrogen (secondary N) is 1. The van der Waals surface area contributed by atoms with Crippen LogP contribution in [0.2, 0.25) is 0 Å². The second-order valence-electron chi connectivity index (χ2n) is 4.08. The lowest BCUT2D eigenvalue weighted by atomic mass is 10.0. The predicted octanol–water partition coefficient (Wildman–Crippen LogP) is 2.66. The highest BCUT2D eigenvalue weighted by Crippen LogP contribution is 2.28. The standard InChI is InChI=1S/C12H9N3O6/c1-7-9(12(16)13-11-3-2-4-21-11)5-8(14(17)18)6-10(7)15(19)20/h2-6H,1H3,(H,13,16). The van der Waals surface area contributed by atoms with Crippen molar-refractivity contribution in [3.8, 4) is 0 Å².